The van der Waals surface area contributed by atoms with Crippen LogP contribution in [0.15, 0.2) is 52.4 Å². The second-order valence-corrected chi connectivity index (χ2v) is 9.98. The fourth-order valence-corrected chi connectivity index (χ4v) is 4.85. The molecule has 0 radical (unpaired) electrons. The van der Waals surface area contributed by atoms with Crippen LogP contribution in [0.3, 0.4) is 0 Å². The number of aromatic amines is 1. The molecule has 10 nitrogen and oxygen atoms in total. The molecule has 1 fully saturated rings. The van der Waals surface area contributed by atoms with E-state index >= 15 is 0 Å². The first kappa shape index (κ1) is 23.0. The third-order valence-corrected chi connectivity index (χ3v) is 6.86. The molecule has 0 aliphatic heterocycles. The Hall–Kier alpha value is -3.77. The number of rotatable bonds is 7. The van der Waals surface area contributed by atoms with Gasteiger partial charge in [0, 0.05) is 35.1 Å². The first-order valence-corrected chi connectivity index (χ1v) is 12.3. The van der Waals surface area contributed by atoms with Gasteiger partial charge in [0.05, 0.1) is 17.7 Å². The van der Waals surface area contributed by atoms with Gasteiger partial charge in [0.1, 0.15) is 11.5 Å². The minimum atomic E-state index is -4.20. The summed E-state index contributed by atoms with van der Waals surface area (Å²) in [6, 6.07) is 6.48. The largest absolute Gasteiger partial charge is 0.480 e. The molecule has 3 aromatic heterocycles. The Morgan fingerprint density at radius 2 is 1.94 bits per heavy atom. The van der Waals surface area contributed by atoms with E-state index in [0.717, 1.165) is 18.9 Å². The highest BCUT2D eigenvalue weighted by atomic mass is 35.5. The van der Waals surface area contributed by atoms with Crippen molar-refractivity contribution >= 4 is 44.3 Å². The van der Waals surface area contributed by atoms with Crippen LogP contribution >= 0.6 is 11.6 Å². The number of benzene rings is 1. The molecular formula is C22H18ClFN6O4S. The Morgan fingerprint density at radius 1 is 1.14 bits per heavy atom. The van der Waals surface area contributed by atoms with E-state index in [1.807, 2.05) is 0 Å². The number of hydrogen-bond acceptors (Lipinski definition) is 8. The molecule has 0 amide bonds. The fourth-order valence-electron chi connectivity index (χ4n) is 3.43. The molecule has 5 rings (SSSR count). The number of anilines is 2. The molecule has 180 valence electrons. The molecule has 1 aliphatic carbocycles. The molecule has 0 bridgehead atoms. The van der Waals surface area contributed by atoms with Crippen LogP contribution in [-0.4, -0.2) is 41.5 Å². The van der Waals surface area contributed by atoms with Crippen LogP contribution in [-0.2, 0) is 10.0 Å². The quantitative estimate of drug-likeness (QED) is 0.339. The van der Waals surface area contributed by atoms with Crippen molar-refractivity contribution in [2.45, 2.75) is 23.8 Å². The Balaban J connectivity index is 1.51. The molecule has 35 heavy (non-hydrogen) atoms. The van der Waals surface area contributed by atoms with Crippen LogP contribution in [0.2, 0.25) is 5.02 Å². The number of pyridine rings is 2. The zero-order chi connectivity index (χ0) is 24.7. The van der Waals surface area contributed by atoms with Gasteiger partial charge in [-0.1, -0.05) is 11.6 Å². The van der Waals surface area contributed by atoms with Crippen LogP contribution in [0.25, 0.3) is 22.2 Å². The van der Waals surface area contributed by atoms with Crippen molar-refractivity contribution < 1.29 is 17.5 Å². The minimum absolute atomic E-state index is 0.00967. The summed E-state index contributed by atoms with van der Waals surface area (Å²) in [5, 5.41) is 3.72. The zero-order valence-electron chi connectivity index (χ0n) is 18.2. The smallest absolute Gasteiger partial charge is 0.267 e. The van der Waals surface area contributed by atoms with Crippen molar-refractivity contribution in [3.05, 3.63) is 63.9 Å². The van der Waals surface area contributed by atoms with Crippen LogP contribution in [0.5, 0.6) is 5.88 Å². The van der Waals surface area contributed by atoms with Gasteiger partial charge in [0.15, 0.2) is 4.90 Å². The van der Waals surface area contributed by atoms with Crippen molar-refractivity contribution in [3.8, 4) is 17.0 Å². The normalized spacial score (nSPS) is 13.6. The molecule has 1 aromatic carbocycles. The van der Waals surface area contributed by atoms with Crippen LogP contribution in [0.4, 0.5) is 16.0 Å². The van der Waals surface area contributed by atoms with E-state index < -0.39 is 21.4 Å². The monoisotopic (exact) mass is 516 g/mol. The first-order valence-electron chi connectivity index (χ1n) is 10.4. The molecule has 3 heterocycles. The van der Waals surface area contributed by atoms with Gasteiger partial charge < -0.3 is 15.0 Å². The summed E-state index contributed by atoms with van der Waals surface area (Å²) in [5.41, 5.74) is -0.389. The van der Waals surface area contributed by atoms with Crippen molar-refractivity contribution in [2.75, 3.05) is 17.1 Å². The molecule has 0 atom stereocenters. The Kier molecular flexibility index (Phi) is 5.77. The van der Waals surface area contributed by atoms with Gasteiger partial charge in [-0.2, -0.15) is 4.98 Å². The summed E-state index contributed by atoms with van der Waals surface area (Å²) in [5.74, 6) is -0.476. The van der Waals surface area contributed by atoms with Crippen molar-refractivity contribution in [1.82, 2.24) is 19.9 Å². The molecular weight excluding hydrogens is 499 g/mol. The van der Waals surface area contributed by atoms with Gasteiger partial charge in [-0.15, -0.1) is 0 Å². The lowest BCUT2D eigenvalue weighted by Gasteiger charge is -2.12. The van der Waals surface area contributed by atoms with Gasteiger partial charge >= 0.3 is 0 Å². The van der Waals surface area contributed by atoms with Crippen LogP contribution < -0.4 is 20.3 Å². The van der Waals surface area contributed by atoms with Crippen LogP contribution in [0.1, 0.15) is 12.8 Å². The average Bonchev–Trinajstić information content (AvgIpc) is 3.64. The minimum Gasteiger partial charge on any atom is -0.480 e. The maximum Gasteiger partial charge on any atom is 0.267 e. The van der Waals surface area contributed by atoms with Crippen molar-refractivity contribution in [2.24, 2.45) is 0 Å². The predicted octanol–water partition coefficient (Wildman–Crippen LogP) is 3.56. The highest BCUT2D eigenvalue weighted by Gasteiger charge is 2.23. The summed E-state index contributed by atoms with van der Waals surface area (Å²) < 4.78 is 48.0. The fraction of sp³-hybridized carbons (Fsp3) is 0.182. The second-order valence-electron chi connectivity index (χ2n) is 7.89. The summed E-state index contributed by atoms with van der Waals surface area (Å²) in [4.78, 5) is 27.5. The lowest BCUT2D eigenvalue weighted by molar-refractivity contribution is 0.385. The van der Waals surface area contributed by atoms with Gasteiger partial charge in [0.2, 0.25) is 11.8 Å². The van der Waals surface area contributed by atoms with Gasteiger partial charge in [-0.3, -0.25) is 9.52 Å². The molecule has 3 N–H and O–H groups in total. The predicted molar refractivity (Wildman–Crippen MR) is 129 cm³/mol. The molecule has 1 aliphatic rings. The standard InChI is InChI=1S/C22H18ClFN6O4S/c1-34-21-18(7-12(23)10-25-21)35(32,33)30-14-4-5-17(24)15(8-14)16-6-11-9-26-22(27-13-2-3-13)29-19(11)28-20(16)31/h4-10,13,30H,2-3H2,1H3,(H2,26,27,28,29,31). The van der Waals surface area contributed by atoms with E-state index in [1.165, 1.54) is 43.8 Å². The van der Waals surface area contributed by atoms with Crippen molar-refractivity contribution in [3.63, 3.8) is 0 Å². The van der Waals surface area contributed by atoms with Gasteiger partial charge in [0.25, 0.3) is 15.6 Å². The lowest BCUT2D eigenvalue weighted by Crippen LogP contribution is -2.15. The van der Waals surface area contributed by atoms with E-state index in [0.29, 0.717) is 23.0 Å². The highest BCUT2D eigenvalue weighted by Crippen LogP contribution is 2.30. The molecule has 0 unspecified atom stereocenters. The first-order chi connectivity index (χ1) is 16.7. The summed E-state index contributed by atoms with van der Waals surface area (Å²) in [7, 11) is -2.93. The summed E-state index contributed by atoms with van der Waals surface area (Å²) >= 11 is 5.90. The van der Waals surface area contributed by atoms with Crippen LogP contribution in [0, 0.1) is 5.82 Å². The van der Waals surface area contributed by atoms with E-state index in [1.54, 1.807) is 0 Å². The SMILES string of the molecule is COc1ncc(Cl)cc1S(=O)(=O)Nc1ccc(F)c(-c2cc3cnc(NC4CC4)nc3[nH]c2=O)c1. The number of methoxy groups -OCH3 is 1. The summed E-state index contributed by atoms with van der Waals surface area (Å²) in [6.07, 6.45) is 4.85. The maximum absolute atomic E-state index is 14.8. The number of halogens is 2. The number of aromatic nitrogens is 4. The maximum atomic E-state index is 14.8. The highest BCUT2D eigenvalue weighted by molar-refractivity contribution is 7.92. The third-order valence-electron chi connectivity index (χ3n) is 5.28. The summed E-state index contributed by atoms with van der Waals surface area (Å²) in [6.45, 7) is 0. The number of nitrogens with one attached hydrogen (secondary N) is 3. The molecule has 4 aromatic rings. The molecule has 0 saturated heterocycles. The van der Waals surface area contributed by atoms with E-state index in [2.05, 4.69) is 30.0 Å². The third kappa shape index (κ3) is 4.75. The number of fused-ring (bicyclic) bond motifs is 1. The molecule has 13 heteroatoms. The number of nitrogens with zero attached hydrogens (tertiary/aromatic N) is 3. The van der Waals surface area contributed by atoms with E-state index in [-0.39, 0.29) is 32.6 Å². The average molecular weight is 517 g/mol. The molecule has 1 saturated carbocycles. The Morgan fingerprint density at radius 3 is 2.69 bits per heavy atom. The number of sulfonamides is 1. The topological polar surface area (TPSA) is 139 Å². The molecule has 0 spiro atoms. The number of ether oxygens (including phenoxy) is 1. The second kappa shape index (κ2) is 8.78. The Bertz CT molecular complexity index is 1620. The van der Waals surface area contributed by atoms with Gasteiger partial charge in [-0.25, -0.2) is 22.8 Å². The van der Waals surface area contributed by atoms with Gasteiger partial charge in [-0.05, 0) is 43.2 Å². The lowest BCUT2D eigenvalue weighted by atomic mass is 10.1. The van der Waals surface area contributed by atoms with E-state index in [4.69, 9.17) is 16.3 Å². The van der Waals surface area contributed by atoms with Crippen molar-refractivity contribution in [1.29, 1.82) is 0 Å². The number of H-pyrrole nitrogens is 1. The zero-order valence-corrected chi connectivity index (χ0v) is 19.7. The van der Waals surface area contributed by atoms with E-state index in [9.17, 15) is 17.6 Å². The Labute approximate surface area is 203 Å². The number of hydrogen-bond donors (Lipinski definition) is 3.